The van der Waals surface area contributed by atoms with Gasteiger partial charge < -0.3 is 5.32 Å². The molecule has 1 aliphatic carbocycles. The van der Waals surface area contributed by atoms with Gasteiger partial charge in [-0.05, 0) is 31.2 Å². The first-order valence-electron chi connectivity index (χ1n) is 5.96. The highest BCUT2D eigenvalue weighted by molar-refractivity contribution is 7.14. The van der Waals surface area contributed by atoms with Gasteiger partial charge in [0.2, 0.25) is 11.6 Å². The molecule has 0 spiro atoms. The van der Waals surface area contributed by atoms with E-state index in [0.717, 1.165) is 11.3 Å². The van der Waals surface area contributed by atoms with E-state index in [1.807, 2.05) is 0 Å². The van der Waals surface area contributed by atoms with Crippen LogP contribution in [0.15, 0.2) is 35.0 Å². The summed E-state index contributed by atoms with van der Waals surface area (Å²) in [6.45, 7) is 1.71. The van der Waals surface area contributed by atoms with Crippen LogP contribution >= 0.6 is 22.9 Å². The molecular formula is C14H8ClFN2O2S. The van der Waals surface area contributed by atoms with Crippen molar-refractivity contribution in [3.05, 3.63) is 56.4 Å². The fraction of sp³-hybridized carbons (Fsp3) is 0.0714. The Balaban J connectivity index is 2.01. The topological polar surface area (TPSA) is 59.1 Å². The van der Waals surface area contributed by atoms with E-state index in [2.05, 4.69) is 10.3 Å². The second-order valence-corrected chi connectivity index (χ2v) is 5.97. The highest BCUT2D eigenvalue weighted by atomic mass is 35.5. The van der Waals surface area contributed by atoms with Gasteiger partial charge in [0.25, 0.3) is 0 Å². The number of nitrogens with zero attached hydrogens (tertiary/aromatic N) is 1. The first kappa shape index (κ1) is 13.9. The number of carbonyl (C=O) groups is 2. The van der Waals surface area contributed by atoms with E-state index in [-0.39, 0.29) is 27.1 Å². The number of halogens is 2. The number of hydrogen-bond donors (Lipinski definition) is 1. The van der Waals surface area contributed by atoms with Crippen molar-refractivity contribution in [2.75, 3.05) is 5.32 Å². The second-order valence-electron chi connectivity index (χ2n) is 4.39. The first-order valence-corrected chi connectivity index (χ1v) is 7.16. The van der Waals surface area contributed by atoms with Crippen LogP contribution in [0.1, 0.15) is 25.2 Å². The molecule has 3 rings (SSSR count). The van der Waals surface area contributed by atoms with Crippen LogP contribution in [0.4, 0.5) is 10.1 Å². The van der Waals surface area contributed by atoms with Crippen molar-refractivity contribution in [3.63, 3.8) is 0 Å². The van der Waals surface area contributed by atoms with Gasteiger partial charge in [-0.15, -0.1) is 11.3 Å². The summed E-state index contributed by atoms with van der Waals surface area (Å²) in [7, 11) is 0. The van der Waals surface area contributed by atoms with Crippen LogP contribution in [0.3, 0.4) is 0 Å². The lowest BCUT2D eigenvalue weighted by Crippen LogP contribution is -2.23. The maximum absolute atomic E-state index is 12.9. The molecule has 0 aliphatic heterocycles. The van der Waals surface area contributed by atoms with E-state index in [4.69, 9.17) is 11.6 Å². The van der Waals surface area contributed by atoms with E-state index < -0.39 is 11.6 Å². The molecule has 2 aromatic rings. The summed E-state index contributed by atoms with van der Waals surface area (Å²) in [4.78, 5) is 28.8. The number of aryl methyl sites for hydroxylation is 1. The number of anilines is 1. The Morgan fingerprint density at radius 2 is 1.86 bits per heavy atom. The zero-order valence-corrected chi connectivity index (χ0v) is 12.3. The van der Waals surface area contributed by atoms with Gasteiger partial charge in [0, 0.05) is 5.69 Å². The molecule has 0 bridgehead atoms. The molecule has 106 valence electrons. The Labute approximate surface area is 128 Å². The summed E-state index contributed by atoms with van der Waals surface area (Å²) in [5.74, 6) is -1.27. The molecule has 0 saturated heterocycles. The molecule has 1 aliphatic rings. The molecular weight excluding hydrogens is 315 g/mol. The predicted molar refractivity (Wildman–Crippen MR) is 78.4 cm³/mol. The van der Waals surface area contributed by atoms with Crippen LogP contribution in [-0.4, -0.2) is 16.6 Å². The molecule has 1 aromatic carbocycles. The largest absolute Gasteiger partial charge is 0.351 e. The van der Waals surface area contributed by atoms with E-state index >= 15 is 0 Å². The maximum atomic E-state index is 12.9. The number of carbonyl (C=O) groups excluding carboxylic acids is 2. The monoisotopic (exact) mass is 322 g/mol. The predicted octanol–water partition coefficient (Wildman–Crippen LogP) is 3.53. The number of nitrogens with one attached hydrogen (secondary N) is 1. The molecule has 4 nitrogen and oxygen atoms in total. The molecule has 0 saturated carbocycles. The van der Waals surface area contributed by atoms with E-state index in [1.165, 1.54) is 24.3 Å². The zero-order chi connectivity index (χ0) is 15.1. The number of ketones is 2. The first-order chi connectivity index (χ1) is 9.97. The molecule has 0 radical (unpaired) electrons. The number of allylic oxidation sites excluding steroid dienone is 2. The van der Waals surface area contributed by atoms with E-state index in [9.17, 15) is 14.0 Å². The minimum absolute atomic E-state index is 0.00979. The standard InChI is InChI=1S/C14H8ClFN2O2S/c1-6-17-11-12(19)9(15)10(13(20)14(11)21-6)18-8-4-2-7(16)3-5-8/h2-5,18H,1H3. The Kier molecular flexibility index (Phi) is 3.35. The van der Waals surface area contributed by atoms with Crippen molar-refractivity contribution in [1.82, 2.24) is 4.98 Å². The molecule has 7 heteroatoms. The SMILES string of the molecule is Cc1nc2c(s1)C(=O)C(Nc1ccc(F)cc1)=C(Cl)C2=O. The van der Waals surface area contributed by atoms with Crippen LogP contribution in [0, 0.1) is 12.7 Å². The highest BCUT2D eigenvalue weighted by Crippen LogP contribution is 2.32. The summed E-state index contributed by atoms with van der Waals surface area (Å²) in [6.07, 6.45) is 0. The minimum atomic E-state index is -0.486. The van der Waals surface area contributed by atoms with Crippen LogP contribution in [0.25, 0.3) is 0 Å². The second kappa shape index (κ2) is 5.05. The zero-order valence-electron chi connectivity index (χ0n) is 10.7. The normalized spacial score (nSPS) is 14.4. The van der Waals surface area contributed by atoms with Gasteiger partial charge in [0.1, 0.15) is 27.1 Å². The smallest absolute Gasteiger partial charge is 0.226 e. The molecule has 0 unspecified atom stereocenters. The van der Waals surface area contributed by atoms with Gasteiger partial charge in [-0.3, -0.25) is 9.59 Å². The number of aromatic nitrogens is 1. The molecule has 0 amide bonds. The number of thiazole rings is 1. The van der Waals surface area contributed by atoms with Crippen molar-refractivity contribution < 1.29 is 14.0 Å². The fourth-order valence-corrected chi connectivity index (χ4v) is 3.04. The van der Waals surface area contributed by atoms with Gasteiger partial charge >= 0.3 is 0 Å². The van der Waals surface area contributed by atoms with Gasteiger partial charge in [-0.1, -0.05) is 11.6 Å². The average molecular weight is 323 g/mol. The third-order valence-electron chi connectivity index (χ3n) is 2.91. The van der Waals surface area contributed by atoms with Crippen molar-refractivity contribution in [2.24, 2.45) is 0 Å². The summed E-state index contributed by atoms with van der Waals surface area (Å²) < 4.78 is 12.9. The van der Waals surface area contributed by atoms with Crippen LogP contribution in [0.5, 0.6) is 0 Å². The van der Waals surface area contributed by atoms with Gasteiger partial charge in [0.05, 0.1) is 5.01 Å². The van der Waals surface area contributed by atoms with Crippen LogP contribution in [-0.2, 0) is 0 Å². The Morgan fingerprint density at radius 3 is 2.52 bits per heavy atom. The molecule has 1 N–H and O–H groups in total. The van der Waals surface area contributed by atoms with Crippen LogP contribution in [0.2, 0.25) is 0 Å². The lowest BCUT2D eigenvalue weighted by atomic mass is 10.0. The van der Waals surface area contributed by atoms with E-state index in [1.54, 1.807) is 6.92 Å². The lowest BCUT2D eigenvalue weighted by molar-refractivity contribution is 0.0982. The molecule has 0 fully saturated rings. The molecule has 1 aromatic heterocycles. The summed E-state index contributed by atoms with van der Waals surface area (Å²) in [6, 6.07) is 5.40. The van der Waals surface area contributed by atoms with Gasteiger partial charge in [0.15, 0.2) is 0 Å². The van der Waals surface area contributed by atoms with Crippen molar-refractivity contribution >= 4 is 40.2 Å². The molecule has 1 heterocycles. The lowest BCUT2D eigenvalue weighted by Gasteiger charge is -2.15. The number of Topliss-reactive ketones (excluding diaryl/α,β-unsaturated/α-hetero) is 2. The highest BCUT2D eigenvalue weighted by Gasteiger charge is 2.34. The Hall–Kier alpha value is -2.05. The third kappa shape index (κ3) is 2.36. The van der Waals surface area contributed by atoms with Crippen molar-refractivity contribution in [2.45, 2.75) is 6.92 Å². The van der Waals surface area contributed by atoms with E-state index in [0.29, 0.717) is 10.7 Å². The maximum Gasteiger partial charge on any atom is 0.226 e. The number of hydrogen-bond acceptors (Lipinski definition) is 5. The summed E-state index contributed by atoms with van der Waals surface area (Å²) >= 11 is 7.13. The number of rotatable bonds is 2. The Morgan fingerprint density at radius 1 is 1.19 bits per heavy atom. The Bertz CT molecular complexity index is 796. The van der Waals surface area contributed by atoms with Gasteiger partial charge in [-0.2, -0.15) is 0 Å². The summed E-state index contributed by atoms with van der Waals surface area (Å²) in [5, 5.41) is 3.19. The minimum Gasteiger partial charge on any atom is -0.351 e. The quantitative estimate of drug-likeness (QED) is 0.919. The van der Waals surface area contributed by atoms with Crippen molar-refractivity contribution in [1.29, 1.82) is 0 Å². The fourth-order valence-electron chi connectivity index (χ4n) is 1.95. The molecule has 0 atom stereocenters. The number of fused-ring (bicyclic) bond motifs is 1. The third-order valence-corrected chi connectivity index (χ3v) is 4.25. The van der Waals surface area contributed by atoms with Crippen molar-refractivity contribution in [3.8, 4) is 0 Å². The van der Waals surface area contributed by atoms with Gasteiger partial charge in [-0.25, -0.2) is 9.37 Å². The average Bonchev–Trinajstić information content (AvgIpc) is 2.85. The van der Waals surface area contributed by atoms with Crippen LogP contribution < -0.4 is 5.32 Å². The molecule has 21 heavy (non-hydrogen) atoms. The summed E-state index contributed by atoms with van der Waals surface area (Å²) in [5.41, 5.74) is 0.553. The number of benzene rings is 1.